The Morgan fingerprint density at radius 3 is 2.43 bits per heavy atom. The molecule has 17 heteroatoms. The minimum atomic E-state index is -0.908. The minimum absolute atomic E-state index is 0.0109. The molecule has 0 aliphatic carbocycles. The van der Waals surface area contributed by atoms with Gasteiger partial charge in [-0.15, -0.1) is 16.6 Å². The number of rotatable bonds is 10. The van der Waals surface area contributed by atoms with Crippen LogP contribution in [0.1, 0.15) is 69.0 Å². The lowest BCUT2D eigenvalue weighted by atomic mass is 9.85. The lowest BCUT2D eigenvalue weighted by Gasteiger charge is -2.39. The molecule has 3 fully saturated rings. The number of H-pyrrole nitrogens is 1. The summed E-state index contributed by atoms with van der Waals surface area (Å²) in [4.78, 5) is 64.7. The standard InChI is InChI=1S/C50H60N12O5/c1-6-32-11-13-33(14-12-32)25-51-46(65)41-23-36(63)30-62(41)47(66)44(50(3,4)5)55-49(67)59-21-19-58(20-22-59)28-34-15-17-60(29-34)35-26-52-48(53-27-35)61-18-16-39-43(31(61)2)38-24-40(56-57-45(38)54-39)37-9-7-8-10-42(37)64/h1,7-14,24,26-27,31,34,36,41,44,63-64H,15-23,25,28-30H2,2-5H3,(H,51,65)(H,54,57)(H,55,67)/t31-,34+,36-,41+,44-/m1/s1. The molecule has 9 rings (SSSR count). The summed E-state index contributed by atoms with van der Waals surface area (Å²) >= 11 is 0. The number of phenolic OH excluding ortho intramolecular Hbond substituents is 1. The highest BCUT2D eigenvalue weighted by atomic mass is 16.3. The van der Waals surface area contributed by atoms with Crippen LogP contribution in [0.5, 0.6) is 5.75 Å². The summed E-state index contributed by atoms with van der Waals surface area (Å²) in [5.41, 5.74) is 6.20. The van der Waals surface area contributed by atoms with Gasteiger partial charge in [0.05, 0.1) is 35.9 Å². The molecule has 0 radical (unpaired) electrons. The van der Waals surface area contributed by atoms with Gasteiger partial charge in [-0.2, -0.15) is 0 Å². The van der Waals surface area contributed by atoms with Crippen LogP contribution in [-0.4, -0.2) is 145 Å². The molecule has 4 amide bonds. The largest absolute Gasteiger partial charge is 0.507 e. The number of hydrogen-bond acceptors (Lipinski definition) is 12. The van der Waals surface area contributed by atoms with Crippen LogP contribution in [0, 0.1) is 23.7 Å². The second kappa shape index (κ2) is 18.8. The smallest absolute Gasteiger partial charge is 0.318 e. The highest BCUT2D eigenvalue weighted by Crippen LogP contribution is 2.39. The van der Waals surface area contributed by atoms with Crippen LogP contribution in [0.4, 0.5) is 16.4 Å². The van der Waals surface area contributed by atoms with Gasteiger partial charge in [-0.3, -0.25) is 14.5 Å². The molecule has 0 spiro atoms. The zero-order chi connectivity index (χ0) is 47.0. The van der Waals surface area contributed by atoms with Gasteiger partial charge >= 0.3 is 6.03 Å². The summed E-state index contributed by atoms with van der Waals surface area (Å²) in [6.07, 6.45) is 10.4. The minimum Gasteiger partial charge on any atom is -0.507 e. The first-order valence-electron chi connectivity index (χ1n) is 23.3. The molecule has 0 saturated carbocycles. The second-order valence-corrected chi connectivity index (χ2v) is 19.5. The number of likely N-dealkylation sites (tertiary alicyclic amines) is 1. The van der Waals surface area contributed by atoms with Crippen LogP contribution in [0.25, 0.3) is 22.3 Å². The Morgan fingerprint density at radius 2 is 1.72 bits per heavy atom. The number of β-amino-alcohol motifs (C(OH)–C–C–N with tert-alkyl or cyclic N) is 1. The number of nitrogens with one attached hydrogen (secondary N) is 3. The first-order chi connectivity index (χ1) is 32.2. The van der Waals surface area contributed by atoms with E-state index < -0.39 is 23.6 Å². The molecule has 350 valence electrons. The maximum atomic E-state index is 14.2. The van der Waals surface area contributed by atoms with E-state index in [-0.39, 0.29) is 49.1 Å². The maximum Gasteiger partial charge on any atom is 0.318 e. The van der Waals surface area contributed by atoms with Crippen molar-refractivity contribution in [3.8, 4) is 29.4 Å². The molecule has 0 unspecified atom stereocenters. The molecule has 5 N–H and O–H groups in total. The van der Waals surface area contributed by atoms with Crippen LogP contribution in [0.15, 0.2) is 67.0 Å². The summed E-state index contributed by atoms with van der Waals surface area (Å²) in [5, 5.41) is 36.9. The molecule has 4 aliphatic heterocycles. The third kappa shape index (κ3) is 9.59. The Bertz CT molecular complexity index is 2650. The Kier molecular flexibility index (Phi) is 12.8. The van der Waals surface area contributed by atoms with E-state index in [1.165, 1.54) is 4.90 Å². The van der Waals surface area contributed by atoms with Gasteiger partial charge < -0.3 is 45.4 Å². The molecule has 0 bridgehead atoms. The van der Waals surface area contributed by atoms with Gasteiger partial charge in [0, 0.05) is 106 Å². The van der Waals surface area contributed by atoms with Crippen LogP contribution >= 0.6 is 0 Å². The number of aromatic hydroxyl groups is 1. The highest BCUT2D eigenvalue weighted by Gasteiger charge is 2.45. The number of aromatic nitrogens is 5. The number of aliphatic hydroxyl groups is 1. The van der Waals surface area contributed by atoms with E-state index >= 15 is 0 Å². The lowest BCUT2D eigenvalue weighted by Crippen LogP contribution is -2.61. The van der Waals surface area contributed by atoms with Crippen LogP contribution in [-0.2, 0) is 22.6 Å². The zero-order valence-electron chi connectivity index (χ0n) is 38.7. The molecule has 3 saturated heterocycles. The first kappa shape index (κ1) is 45.4. The molecule has 7 heterocycles. The van der Waals surface area contributed by atoms with Gasteiger partial charge in [-0.25, -0.2) is 14.8 Å². The number of phenols is 1. The van der Waals surface area contributed by atoms with Crippen LogP contribution < -0.4 is 20.4 Å². The fourth-order valence-corrected chi connectivity index (χ4v) is 10.1. The van der Waals surface area contributed by atoms with Gasteiger partial charge in [-0.05, 0) is 60.6 Å². The average Bonchev–Trinajstić information content (AvgIpc) is 4.07. The Hall–Kier alpha value is -6.77. The molecule has 2 aromatic carbocycles. The molecule has 17 nitrogen and oxygen atoms in total. The number of urea groups is 1. The molecular formula is C50H60N12O5. The number of terminal acetylenes is 1. The fourth-order valence-electron chi connectivity index (χ4n) is 10.1. The van der Waals surface area contributed by atoms with Crippen molar-refractivity contribution in [3.05, 3.63) is 89.4 Å². The van der Waals surface area contributed by atoms with E-state index in [1.807, 2.05) is 63.5 Å². The van der Waals surface area contributed by atoms with Crippen LogP contribution in [0.3, 0.4) is 0 Å². The number of carbonyl (C=O) groups excluding carboxylic acids is 3. The van der Waals surface area contributed by atoms with E-state index in [4.69, 9.17) is 16.4 Å². The summed E-state index contributed by atoms with van der Waals surface area (Å²) in [6, 6.07) is 14.4. The molecule has 5 aromatic rings. The topological polar surface area (TPSA) is 199 Å². The fraction of sp³-hybridized carbons (Fsp3) is 0.460. The zero-order valence-corrected chi connectivity index (χ0v) is 38.7. The number of nitrogens with zero attached hydrogens (tertiary/aromatic N) is 9. The Labute approximate surface area is 391 Å². The van der Waals surface area contributed by atoms with Crippen molar-refractivity contribution >= 4 is 40.5 Å². The quantitative estimate of drug-likeness (QED) is 0.126. The van der Waals surface area contributed by atoms with Gasteiger partial charge in [0.2, 0.25) is 17.8 Å². The van der Waals surface area contributed by atoms with E-state index in [1.54, 1.807) is 29.2 Å². The van der Waals surface area contributed by atoms with Crippen molar-refractivity contribution in [2.45, 2.75) is 77.7 Å². The van der Waals surface area contributed by atoms with Gasteiger partial charge in [0.25, 0.3) is 0 Å². The SMILES string of the molecule is C#Cc1ccc(CNC(=O)[C@@H]2C[C@@H](O)CN2C(=O)[C@@H](NC(=O)N2CCN(C[C@@H]3CCN(c4cnc(N5CCc6[nH]c7nnc(-c8ccccc8O)cc7c6[C@H]5C)nc4)C3)CC2)C(C)(C)C)cc1. The first-order valence-corrected chi connectivity index (χ1v) is 23.3. The highest BCUT2D eigenvalue weighted by molar-refractivity contribution is 5.93. The predicted molar refractivity (Wildman–Crippen MR) is 255 cm³/mol. The number of carbonyl (C=O) groups is 3. The lowest BCUT2D eigenvalue weighted by molar-refractivity contribution is -0.142. The van der Waals surface area contributed by atoms with Crippen molar-refractivity contribution in [2.24, 2.45) is 11.3 Å². The number of fused-ring (bicyclic) bond motifs is 3. The Morgan fingerprint density at radius 1 is 0.970 bits per heavy atom. The van der Waals surface area contributed by atoms with Gasteiger partial charge in [0.15, 0.2) is 5.65 Å². The van der Waals surface area contributed by atoms with Crippen molar-refractivity contribution in [3.63, 3.8) is 0 Å². The maximum absolute atomic E-state index is 14.2. The van der Waals surface area contributed by atoms with Gasteiger partial charge in [0.1, 0.15) is 17.8 Å². The van der Waals surface area contributed by atoms with Crippen molar-refractivity contribution in [2.75, 3.05) is 68.7 Å². The molecule has 4 aliphatic rings. The van der Waals surface area contributed by atoms with Crippen LogP contribution in [0.2, 0.25) is 0 Å². The number of aliphatic hydroxyl groups excluding tert-OH is 1. The molecule has 67 heavy (non-hydrogen) atoms. The van der Waals surface area contributed by atoms with Gasteiger partial charge in [-0.1, -0.05) is 51.0 Å². The number of para-hydroxylation sites is 1. The monoisotopic (exact) mass is 908 g/mol. The van der Waals surface area contributed by atoms with E-state index in [2.05, 4.69) is 53.4 Å². The summed E-state index contributed by atoms with van der Waals surface area (Å²) in [5.74, 6) is 3.12. The summed E-state index contributed by atoms with van der Waals surface area (Å²) in [7, 11) is 0. The molecule has 5 atom stereocenters. The molecular weight excluding hydrogens is 849 g/mol. The van der Waals surface area contributed by atoms with Crippen molar-refractivity contribution in [1.29, 1.82) is 0 Å². The average molecular weight is 909 g/mol. The van der Waals surface area contributed by atoms with E-state index in [0.717, 1.165) is 91.2 Å². The number of piperazine rings is 1. The summed E-state index contributed by atoms with van der Waals surface area (Å²) < 4.78 is 0. The number of benzene rings is 2. The van der Waals surface area contributed by atoms with E-state index in [9.17, 15) is 24.6 Å². The number of aromatic amines is 1. The predicted octanol–water partition coefficient (Wildman–Crippen LogP) is 4.07. The van der Waals surface area contributed by atoms with Crippen molar-refractivity contribution in [1.82, 2.24) is 50.5 Å². The number of amides is 4. The molecule has 3 aromatic heterocycles. The van der Waals surface area contributed by atoms with E-state index in [0.29, 0.717) is 36.2 Å². The Balaban J connectivity index is 0.757. The number of anilines is 2. The second-order valence-electron chi connectivity index (χ2n) is 19.5. The third-order valence-corrected chi connectivity index (χ3v) is 13.9. The summed E-state index contributed by atoms with van der Waals surface area (Å²) in [6.45, 7) is 14.1. The number of hydrogen-bond donors (Lipinski definition) is 5. The van der Waals surface area contributed by atoms with Crippen molar-refractivity contribution < 1.29 is 24.6 Å². The normalized spacial score (nSPS) is 21.6. The third-order valence-electron chi connectivity index (χ3n) is 13.9.